The summed E-state index contributed by atoms with van der Waals surface area (Å²) in [7, 11) is 0. The van der Waals surface area contributed by atoms with Crippen molar-refractivity contribution in [3.63, 3.8) is 0 Å². The molecular weight excluding hydrogens is 589 g/mol. The topological polar surface area (TPSA) is 86.3 Å². The van der Waals surface area contributed by atoms with Crippen molar-refractivity contribution in [1.82, 2.24) is 24.6 Å². The fraction of sp³-hybridized carbons (Fsp3) is 0.250. The first-order chi connectivity index (χ1) is 21.1. The SMILES string of the molecule is CCc1ccccc1-n1c(C)csc1=NC(=O)NCC(CC)c1ccc(-c2ncn(-c3ccc(OC(F)(F)F)cc3)n2)cc1. The van der Waals surface area contributed by atoms with E-state index in [4.69, 9.17) is 0 Å². The average molecular weight is 621 g/mol. The van der Waals surface area contributed by atoms with Crippen LogP contribution in [0.4, 0.5) is 18.0 Å². The van der Waals surface area contributed by atoms with Gasteiger partial charge in [-0.3, -0.25) is 4.57 Å². The van der Waals surface area contributed by atoms with Crippen molar-refractivity contribution < 1.29 is 22.7 Å². The van der Waals surface area contributed by atoms with Gasteiger partial charge in [-0.25, -0.2) is 14.5 Å². The molecule has 0 fully saturated rings. The highest BCUT2D eigenvalue weighted by Gasteiger charge is 2.31. The standard InChI is InChI=1S/C32H31F3N6O2S/c1-4-22-8-6-7-9-28(22)41-21(3)19-44-31(41)38-30(42)36-18-23(5-2)24-10-12-25(13-11-24)29-37-20-40(39-29)26-14-16-27(17-15-26)43-32(33,34)35/h6-17,19-20,23H,4-5,18H2,1-3H3,(H,36,42). The Labute approximate surface area is 256 Å². The normalized spacial score (nSPS) is 12.7. The predicted molar refractivity (Wildman–Crippen MR) is 163 cm³/mol. The van der Waals surface area contributed by atoms with Crippen molar-refractivity contribution in [2.45, 2.75) is 45.9 Å². The molecule has 0 aliphatic heterocycles. The van der Waals surface area contributed by atoms with Crippen molar-refractivity contribution in [2.75, 3.05) is 6.54 Å². The van der Waals surface area contributed by atoms with Gasteiger partial charge in [-0.1, -0.05) is 56.3 Å². The molecule has 1 N–H and O–H groups in total. The van der Waals surface area contributed by atoms with Gasteiger partial charge < -0.3 is 10.1 Å². The number of aryl methyl sites for hydroxylation is 2. The molecule has 44 heavy (non-hydrogen) atoms. The smallest absolute Gasteiger partial charge is 0.406 e. The van der Waals surface area contributed by atoms with Crippen LogP contribution in [0.2, 0.25) is 0 Å². The Hall–Kier alpha value is -4.71. The molecule has 2 amide bonds. The largest absolute Gasteiger partial charge is 0.573 e. The van der Waals surface area contributed by atoms with Crippen LogP contribution >= 0.6 is 11.3 Å². The maximum atomic E-state index is 12.9. The van der Waals surface area contributed by atoms with E-state index in [1.165, 1.54) is 52.2 Å². The minimum atomic E-state index is -4.75. The number of hydrogen-bond acceptors (Lipinski definition) is 5. The van der Waals surface area contributed by atoms with Crippen molar-refractivity contribution in [1.29, 1.82) is 0 Å². The summed E-state index contributed by atoms with van der Waals surface area (Å²) in [6.45, 7) is 6.60. The molecule has 2 heterocycles. The third kappa shape index (κ3) is 7.25. The van der Waals surface area contributed by atoms with Gasteiger partial charge in [-0.05, 0) is 61.2 Å². The third-order valence-corrected chi connectivity index (χ3v) is 8.09. The minimum Gasteiger partial charge on any atom is -0.406 e. The predicted octanol–water partition coefficient (Wildman–Crippen LogP) is 7.36. The highest BCUT2D eigenvalue weighted by molar-refractivity contribution is 7.07. The summed E-state index contributed by atoms with van der Waals surface area (Å²) in [5, 5.41) is 9.43. The number of benzene rings is 3. The molecule has 1 unspecified atom stereocenters. The maximum absolute atomic E-state index is 12.9. The number of rotatable bonds is 9. The van der Waals surface area contributed by atoms with Gasteiger partial charge in [0.25, 0.3) is 0 Å². The lowest BCUT2D eigenvalue weighted by Gasteiger charge is -2.16. The molecule has 2 aromatic heterocycles. The Morgan fingerprint density at radius 2 is 1.77 bits per heavy atom. The molecule has 8 nitrogen and oxygen atoms in total. The van der Waals surface area contributed by atoms with E-state index in [0.717, 1.165) is 35.3 Å². The summed E-state index contributed by atoms with van der Waals surface area (Å²) in [5.74, 6) is 0.233. The zero-order valence-electron chi connectivity index (χ0n) is 24.4. The van der Waals surface area contributed by atoms with Crippen LogP contribution < -0.4 is 14.9 Å². The van der Waals surface area contributed by atoms with E-state index in [-0.39, 0.29) is 11.7 Å². The Kier molecular flexibility index (Phi) is 9.29. The Morgan fingerprint density at radius 3 is 2.45 bits per heavy atom. The maximum Gasteiger partial charge on any atom is 0.573 e. The second kappa shape index (κ2) is 13.3. The molecule has 0 aliphatic carbocycles. The number of alkyl halides is 3. The number of ether oxygens (including phenoxy) is 1. The van der Waals surface area contributed by atoms with Gasteiger partial charge in [0, 0.05) is 29.1 Å². The highest BCUT2D eigenvalue weighted by atomic mass is 32.1. The van der Waals surface area contributed by atoms with Crippen LogP contribution in [0.5, 0.6) is 5.75 Å². The van der Waals surface area contributed by atoms with Crippen LogP contribution in [0.25, 0.3) is 22.8 Å². The van der Waals surface area contributed by atoms with Gasteiger partial charge in [0.1, 0.15) is 12.1 Å². The molecule has 1 atom stereocenters. The number of thiazole rings is 1. The van der Waals surface area contributed by atoms with E-state index in [1.807, 2.05) is 59.3 Å². The molecule has 12 heteroatoms. The van der Waals surface area contributed by atoms with Gasteiger partial charge in [-0.15, -0.1) is 29.6 Å². The molecule has 5 aromatic rings. The minimum absolute atomic E-state index is 0.0733. The molecule has 0 aliphatic rings. The van der Waals surface area contributed by atoms with E-state index in [9.17, 15) is 18.0 Å². The number of para-hydroxylation sites is 1. The summed E-state index contributed by atoms with van der Waals surface area (Å²) in [5.41, 5.74) is 5.60. The molecule has 0 bridgehead atoms. The molecule has 0 saturated carbocycles. The van der Waals surface area contributed by atoms with Crippen molar-refractivity contribution in [2.24, 2.45) is 4.99 Å². The second-order valence-electron chi connectivity index (χ2n) is 10.1. The first-order valence-corrected chi connectivity index (χ1v) is 15.0. The average Bonchev–Trinajstić information content (AvgIpc) is 3.64. The summed E-state index contributed by atoms with van der Waals surface area (Å²) < 4.78 is 44.7. The number of nitrogens with one attached hydrogen (secondary N) is 1. The number of halogens is 3. The lowest BCUT2D eigenvalue weighted by atomic mass is 9.95. The van der Waals surface area contributed by atoms with Gasteiger partial charge in [0.05, 0.1) is 11.4 Å². The van der Waals surface area contributed by atoms with Crippen LogP contribution in [-0.4, -0.2) is 38.3 Å². The molecule has 228 valence electrons. The van der Waals surface area contributed by atoms with E-state index in [1.54, 1.807) is 0 Å². The highest BCUT2D eigenvalue weighted by Crippen LogP contribution is 2.25. The fourth-order valence-corrected chi connectivity index (χ4v) is 5.72. The van der Waals surface area contributed by atoms with Crippen LogP contribution in [0, 0.1) is 6.92 Å². The number of hydrogen-bond donors (Lipinski definition) is 1. The fourth-order valence-electron chi connectivity index (χ4n) is 4.85. The van der Waals surface area contributed by atoms with Crippen LogP contribution in [-0.2, 0) is 6.42 Å². The van der Waals surface area contributed by atoms with Crippen LogP contribution in [0.3, 0.4) is 0 Å². The van der Waals surface area contributed by atoms with Crippen LogP contribution in [0.1, 0.15) is 43.0 Å². The van der Waals surface area contributed by atoms with Crippen LogP contribution in [0.15, 0.2) is 89.5 Å². The lowest BCUT2D eigenvalue weighted by Crippen LogP contribution is -2.28. The van der Waals surface area contributed by atoms with E-state index in [0.29, 0.717) is 22.9 Å². The molecular formula is C32H31F3N6O2S. The number of aromatic nitrogens is 4. The Balaban J connectivity index is 1.24. The number of nitrogens with zero attached hydrogens (tertiary/aromatic N) is 5. The molecule has 3 aromatic carbocycles. The van der Waals surface area contributed by atoms with Gasteiger partial charge >= 0.3 is 12.4 Å². The summed E-state index contributed by atoms with van der Waals surface area (Å²) in [4.78, 5) is 22.2. The number of carbonyl (C=O) groups excluding carboxylic acids is 1. The number of amides is 2. The number of carbonyl (C=O) groups is 1. The summed E-state index contributed by atoms with van der Waals surface area (Å²) >= 11 is 1.43. The molecule has 0 saturated heterocycles. The van der Waals surface area contributed by atoms with E-state index < -0.39 is 12.4 Å². The monoisotopic (exact) mass is 620 g/mol. The zero-order chi connectivity index (χ0) is 31.3. The molecule has 0 radical (unpaired) electrons. The van der Waals surface area contributed by atoms with E-state index in [2.05, 4.69) is 45.0 Å². The number of urea groups is 1. The Bertz CT molecular complexity index is 1790. The first-order valence-electron chi connectivity index (χ1n) is 14.1. The van der Waals surface area contributed by atoms with Gasteiger partial charge in [-0.2, -0.15) is 4.99 Å². The zero-order valence-corrected chi connectivity index (χ0v) is 25.2. The second-order valence-corrected chi connectivity index (χ2v) is 10.9. The third-order valence-electron chi connectivity index (χ3n) is 7.15. The van der Waals surface area contributed by atoms with Crippen molar-refractivity contribution in [3.05, 3.63) is 106 Å². The Morgan fingerprint density at radius 1 is 1.05 bits per heavy atom. The first kappa shape index (κ1) is 30.7. The quantitative estimate of drug-likeness (QED) is 0.187. The summed E-state index contributed by atoms with van der Waals surface area (Å²) in [6.07, 6.45) is -1.57. The molecule has 0 spiro atoms. The van der Waals surface area contributed by atoms with E-state index >= 15 is 0 Å². The van der Waals surface area contributed by atoms with Crippen molar-refractivity contribution >= 4 is 17.4 Å². The lowest BCUT2D eigenvalue weighted by molar-refractivity contribution is -0.274. The molecule has 5 rings (SSSR count). The summed E-state index contributed by atoms with van der Waals surface area (Å²) in [6, 6.07) is 20.9. The van der Waals surface area contributed by atoms with Crippen molar-refractivity contribution in [3.8, 4) is 28.5 Å². The van der Waals surface area contributed by atoms with Gasteiger partial charge in [0.2, 0.25) is 0 Å². The van der Waals surface area contributed by atoms with Gasteiger partial charge in [0.15, 0.2) is 10.6 Å².